The van der Waals surface area contributed by atoms with E-state index in [1.807, 2.05) is 12.1 Å². The smallest absolute Gasteiger partial charge is 0.0417 e. The molecule has 0 atom stereocenters. The summed E-state index contributed by atoms with van der Waals surface area (Å²) in [6.07, 6.45) is 11.0. The molecule has 0 aliphatic heterocycles. The van der Waals surface area contributed by atoms with E-state index in [1.165, 1.54) is 56.9 Å². The second-order valence-corrected chi connectivity index (χ2v) is 6.68. The Morgan fingerprint density at radius 3 is 2.30 bits per heavy atom. The van der Waals surface area contributed by atoms with Gasteiger partial charge < -0.3 is 5.32 Å². The van der Waals surface area contributed by atoms with Gasteiger partial charge in [0.15, 0.2) is 0 Å². The fourth-order valence-corrected chi connectivity index (χ4v) is 3.09. The highest BCUT2D eigenvalue weighted by Gasteiger charge is 2.00. The Morgan fingerprint density at radius 2 is 1.65 bits per heavy atom. The molecule has 1 aromatic carbocycles. The van der Waals surface area contributed by atoms with E-state index < -0.39 is 0 Å². The van der Waals surface area contributed by atoms with Crippen LogP contribution in [0.1, 0.15) is 63.9 Å². The molecule has 1 nitrogen and oxygen atoms in total. The number of halogens is 2. The molecular weight excluding hydrogens is 334 g/mol. The molecule has 0 fully saturated rings. The Morgan fingerprint density at radius 1 is 1.00 bits per heavy atom. The predicted octanol–water partition coefficient (Wildman–Crippen LogP) is 6.33. The van der Waals surface area contributed by atoms with Crippen LogP contribution in [0.2, 0.25) is 5.02 Å². The van der Waals surface area contributed by atoms with Crippen molar-refractivity contribution in [2.24, 2.45) is 0 Å². The molecule has 0 radical (unpaired) electrons. The van der Waals surface area contributed by atoms with Crippen LogP contribution in [0.5, 0.6) is 0 Å². The SMILES string of the molecule is CCCCCCCCCCNCc1ccc(Cl)cc1Br. The van der Waals surface area contributed by atoms with Gasteiger partial charge in [0, 0.05) is 16.0 Å². The summed E-state index contributed by atoms with van der Waals surface area (Å²) in [7, 11) is 0. The Hall–Kier alpha value is -0.0500. The van der Waals surface area contributed by atoms with Crippen LogP contribution in [0.4, 0.5) is 0 Å². The van der Waals surface area contributed by atoms with Crippen molar-refractivity contribution >= 4 is 27.5 Å². The van der Waals surface area contributed by atoms with Crippen molar-refractivity contribution < 1.29 is 0 Å². The van der Waals surface area contributed by atoms with Crippen LogP contribution in [0.25, 0.3) is 0 Å². The van der Waals surface area contributed by atoms with E-state index in [9.17, 15) is 0 Å². The third-order valence-corrected chi connectivity index (χ3v) is 4.51. The third-order valence-electron chi connectivity index (χ3n) is 3.54. The summed E-state index contributed by atoms with van der Waals surface area (Å²) in [5, 5.41) is 4.28. The molecule has 0 unspecified atom stereocenters. The maximum atomic E-state index is 5.93. The number of unbranched alkanes of at least 4 members (excludes halogenated alkanes) is 7. The molecule has 0 saturated heterocycles. The average Bonchev–Trinajstić information content (AvgIpc) is 2.43. The highest BCUT2D eigenvalue weighted by Crippen LogP contribution is 2.21. The monoisotopic (exact) mass is 359 g/mol. The normalized spacial score (nSPS) is 10.9. The molecule has 1 N–H and O–H groups in total. The van der Waals surface area contributed by atoms with Gasteiger partial charge in [-0.2, -0.15) is 0 Å². The molecule has 1 rings (SSSR count). The number of hydrogen-bond acceptors (Lipinski definition) is 1. The first-order valence-electron chi connectivity index (χ1n) is 7.88. The maximum Gasteiger partial charge on any atom is 0.0417 e. The summed E-state index contributed by atoms with van der Waals surface area (Å²) in [5.74, 6) is 0. The molecule has 20 heavy (non-hydrogen) atoms. The minimum Gasteiger partial charge on any atom is -0.313 e. The van der Waals surface area contributed by atoms with Crippen molar-refractivity contribution in [3.8, 4) is 0 Å². The first-order valence-corrected chi connectivity index (χ1v) is 9.05. The molecular formula is C17H27BrClN. The van der Waals surface area contributed by atoms with Crippen LogP contribution in [-0.4, -0.2) is 6.54 Å². The quantitative estimate of drug-likeness (QED) is 0.454. The van der Waals surface area contributed by atoms with Crippen LogP contribution >= 0.6 is 27.5 Å². The molecule has 3 heteroatoms. The van der Waals surface area contributed by atoms with Crippen molar-refractivity contribution in [2.45, 2.75) is 64.8 Å². The number of rotatable bonds is 11. The van der Waals surface area contributed by atoms with Crippen LogP contribution in [-0.2, 0) is 6.54 Å². The zero-order chi connectivity index (χ0) is 14.6. The van der Waals surface area contributed by atoms with Gasteiger partial charge in [0.1, 0.15) is 0 Å². The fraction of sp³-hybridized carbons (Fsp3) is 0.647. The van der Waals surface area contributed by atoms with Gasteiger partial charge in [-0.05, 0) is 30.7 Å². The Kier molecular flexibility index (Phi) is 10.4. The van der Waals surface area contributed by atoms with Gasteiger partial charge in [0.2, 0.25) is 0 Å². The molecule has 0 aliphatic rings. The lowest BCUT2D eigenvalue weighted by atomic mass is 10.1. The third kappa shape index (κ3) is 8.28. The van der Waals surface area contributed by atoms with Crippen molar-refractivity contribution in [1.82, 2.24) is 5.32 Å². The van der Waals surface area contributed by atoms with Crippen molar-refractivity contribution in [3.63, 3.8) is 0 Å². The first-order chi connectivity index (χ1) is 9.74. The van der Waals surface area contributed by atoms with Gasteiger partial charge in [0.05, 0.1) is 0 Å². The average molecular weight is 361 g/mol. The van der Waals surface area contributed by atoms with Crippen molar-refractivity contribution in [3.05, 3.63) is 33.3 Å². The van der Waals surface area contributed by atoms with Gasteiger partial charge in [0.25, 0.3) is 0 Å². The second kappa shape index (κ2) is 11.6. The number of benzene rings is 1. The molecule has 0 aromatic heterocycles. The Bertz CT molecular complexity index is 368. The maximum absolute atomic E-state index is 5.93. The Balaban J connectivity index is 1.97. The summed E-state index contributed by atoms with van der Waals surface area (Å²) < 4.78 is 1.09. The highest BCUT2D eigenvalue weighted by molar-refractivity contribution is 9.10. The summed E-state index contributed by atoms with van der Waals surface area (Å²) in [4.78, 5) is 0. The summed E-state index contributed by atoms with van der Waals surface area (Å²) in [6.45, 7) is 4.28. The molecule has 0 spiro atoms. The van der Waals surface area contributed by atoms with E-state index in [4.69, 9.17) is 11.6 Å². The second-order valence-electron chi connectivity index (χ2n) is 5.39. The lowest BCUT2D eigenvalue weighted by Gasteiger charge is -2.07. The summed E-state index contributed by atoms with van der Waals surface area (Å²) in [5.41, 5.74) is 1.27. The molecule has 1 aromatic rings. The van der Waals surface area contributed by atoms with E-state index in [2.05, 4.69) is 34.2 Å². The minimum absolute atomic E-state index is 0.781. The van der Waals surface area contributed by atoms with Gasteiger partial charge in [-0.25, -0.2) is 0 Å². The Labute approximate surface area is 137 Å². The van der Waals surface area contributed by atoms with Crippen molar-refractivity contribution in [2.75, 3.05) is 6.54 Å². The summed E-state index contributed by atoms with van der Waals surface area (Å²) in [6, 6.07) is 5.97. The zero-order valence-corrected chi connectivity index (χ0v) is 14.9. The topological polar surface area (TPSA) is 12.0 Å². The number of nitrogens with one attached hydrogen (secondary N) is 1. The van der Waals surface area contributed by atoms with Crippen LogP contribution in [0.3, 0.4) is 0 Å². The van der Waals surface area contributed by atoms with Crippen LogP contribution in [0, 0.1) is 0 Å². The number of hydrogen-bond donors (Lipinski definition) is 1. The van der Waals surface area contributed by atoms with Gasteiger partial charge in [-0.1, -0.05) is 85.5 Å². The van der Waals surface area contributed by atoms with Crippen LogP contribution in [0.15, 0.2) is 22.7 Å². The molecule has 0 bridgehead atoms. The van der Waals surface area contributed by atoms with E-state index in [-0.39, 0.29) is 0 Å². The van der Waals surface area contributed by atoms with Crippen LogP contribution < -0.4 is 5.32 Å². The molecule has 0 saturated carbocycles. The largest absolute Gasteiger partial charge is 0.313 e. The van der Waals surface area contributed by atoms with E-state index >= 15 is 0 Å². The standard InChI is InChI=1S/C17H27BrClN/c1-2-3-4-5-6-7-8-9-12-20-14-15-10-11-16(19)13-17(15)18/h10-11,13,20H,2-9,12,14H2,1H3. The van der Waals surface area contributed by atoms with E-state index in [1.54, 1.807) is 0 Å². The summed E-state index contributed by atoms with van der Waals surface area (Å²) >= 11 is 9.48. The minimum atomic E-state index is 0.781. The lowest BCUT2D eigenvalue weighted by molar-refractivity contribution is 0.555. The zero-order valence-electron chi connectivity index (χ0n) is 12.6. The van der Waals surface area contributed by atoms with Gasteiger partial charge in [-0.15, -0.1) is 0 Å². The molecule has 114 valence electrons. The van der Waals surface area contributed by atoms with Crippen molar-refractivity contribution in [1.29, 1.82) is 0 Å². The lowest BCUT2D eigenvalue weighted by Crippen LogP contribution is -2.14. The fourth-order valence-electron chi connectivity index (χ4n) is 2.27. The molecule has 0 aliphatic carbocycles. The molecule has 0 amide bonds. The first kappa shape index (κ1) is 18.0. The van der Waals surface area contributed by atoms with E-state index in [0.29, 0.717) is 0 Å². The van der Waals surface area contributed by atoms with Gasteiger partial charge >= 0.3 is 0 Å². The highest BCUT2D eigenvalue weighted by atomic mass is 79.9. The molecule has 0 heterocycles. The predicted molar refractivity (Wildman–Crippen MR) is 93.5 cm³/mol. The van der Waals surface area contributed by atoms with E-state index in [0.717, 1.165) is 22.6 Å². The van der Waals surface area contributed by atoms with Gasteiger partial charge in [-0.3, -0.25) is 0 Å².